The van der Waals surface area contributed by atoms with E-state index in [4.69, 9.17) is 0 Å². The van der Waals surface area contributed by atoms with Crippen molar-refractivity contribution in [3.8, 4) is 11.8 Å². The van der Waals surface area contributed by atoms with E-state index < -0.39 is 0 Å². The number of ketones is 1. The molecule has 1 heteroatoms. The number of benzene rings is 1. The van der Waals surface area contributed by atoms with E-state index >= 15 is 0 Å². The second-order valence-electron chi connectivity index (χ2n) is 3.49. The first-order chi connectivity index (χ1) is 7.33. The van der Waals surface area contributed by atoms with Gasteiger partial charge >= 0.3 is 0 Å². The van der Waals surface area contributed by atoms with Crippen LogP contribution >= 0.6 is 0 Å². The van der Waals surface area contributed by atoms with Crippen molar-refractivity contribution in [2.45, 2.75) is 32.6 Å². The van der Waals surface area contributed by atoms with Crippen LogP contribution in [0.15, 0.2) is 30.3 Å². The highest BCUT2D eigenvalue weighted by Crippen LogP contribution is 1.98. The molecule has 0 aromatic heterocycles. The largest absolute Gasteiger partial charge is 0.285 e. The Kier molecular flexibility index (Phi) is 5.25. The average molecular weight is 200 g/mol. The number of hydrogen-bond donors (Lipinski definition) is 0. The smallest absolute Gasteiger partial charge is 0.205 e. The van der Waals surface area contributed by atoms with E-state index in [1.54, 1.807) is 0 Å². The van der Waals surface area contributed by atoms with E-state index in [1.807, 2.05) is 30.3 Å². The number of Topliss-reactive ketones (excluding diaryl/α,β-unsaturated/α-hetero) is 1. The molecule has 0 unspecified atom stereocenters. The lowest BCUT2D eigenvalue weighted by molar-refractivity contribution is -0.113. The molecule has 1 nitrogen and oxygen atoms in total. The summed E-state index contributed by atoms with van der Waals surface area (Å²) in [6, 6.07) is 9.98. The summed E-state index contributed by atoms with van der Waals surface area (Å²) in [7, 11) is 0. The van der Waals surface area contributed by atoms with Crippen LogP contribution in [-0.4, -0.2) is 5.78 Å². The third-order valence-corrected chi connectivity index (χ3v) is 2.12. The molecule has 15 heavy (non-hydrogen) atoms. The highest BCUT2D eigenvalue weighted by atomic mass is 16.1. The molecule has 0 heterocycles. The third kappa shape index (κ3) is 5.02. The van der Waals surface area contributed by atoms with Gasteiger partial charge < -0.3 is 0 Å². The van der Waals surface area contributed by atoms with Crippen LogP contribution in [-0.2, 0) is 11.2 Å². The van der Waals surface area contributed by atoms with Gasteiger partial charge in [0.2, 0.25) is 5.78 Å². The quantitative estimate of drug-likeness (QED) is 0.539. The molecule has 1 aromatic carbocycles. The summed E-state index contributed by atoms with van der Waals surface area (Å²) < 4.78 is 0. The second-order valence-corrected chi connectivity index (χ2v) is 3.49. The number of carbonyl (C=O) groups is 1. The summed E-state index contributed by atoms with van der Waals surface area (Å²) in [6.45, 7) is 2.07. The number of carbonyl (C=O) groups excluding carboxylic acids is 1. The standard InChI is InChI=1S/C14H16O/c1-2-3-11-14(15)12-7-10-13-8-5-4-6-9-13/h4-6,8-9H,2-3,10-11H2,1H3. The zero-order chi connectivity index (χ0) is 10.9. The lowest BCUT2D eigenvalue weighted by Gasteiger charge is -1.91. The van der Waals surface area contributed by atoms with Crippen molar-refractivity contribution in [3.63, 3.8) is 0 Å². The van der Waals surface area contributed by atoms with Gasteiger partial charge in [-0.3, -0.25) is 4.79 Å². The molecule has 1 rings (SSSR count). The molecule has 0 atom stereocenters. The van der Waals surface area contributed by atoms with E-state index in [0.717, 1.165) is 18.4 Å². The van der Waals surface area contributed by atoms with Crippen molar-refractivity contribution in [2.24, 2.45) is 0 Å². The van der Waals surface area contributed by atoms with Crippen LogP contribution in [0.5, 0.6) is 0 Å². The highest BCUT2D eigenvalue weighted by molar-refractivity contribution is 5.95. The van der Waals surface area contributed by atoms with Crippen LogP contribution in [0.4, 0.5) is 0 Å². The van der Waals surface area contributed by atoms with Crippen LogP contribution in [0.3, 0.4) is 0 Å². The minimum atomic E-state index is 0.0628. The molecule has 0 saturated carbocycles. The minimum absolute atomic E-state index is 0.0628. The molecule has 0 saturated heterocycles. The Morgan fingerprint density at radius 2 is 2.00 bits per heavy atom. The van der Waals surface area contributed by atoms with Crippen molar-refractivity contribution < 1.29 is 4.79 Å². The average Bonchev–Trinajstić information content (AvgIpc) is 2.28. The summed E-state index contributed by atoms with van der Waals surface area (Å²) in [5, 5.41) is 0. The molecule has 1 aromatic rings. The van der Waals surface area contributed by atoms with Crippen LogP contribution in [0.25, 0.3) is 0 Å². The molecule has 0 spiro atoms. The summed E-state index contributed by atoms with van der Waals surface area (Å²) >= 11 is 0. The molecule has 78 valence electrons. The molecule has 0 amide bonds. The summed E-state index contributed by atoms with van der Waals surface area (Å²) in [6.07, 6.45) is 3.25. The molecule has 0 bridgehead atoms. The van der Waals surface area contributed by atoms with Gasteiger partial charge in [-0.1, -0.05) is 49.6 Å². The molecule has 0 N–H and O–H groups in total. The second kappa shape index (κ2) is 6.84. The van der Waals surface area contributed by atoms with Gasteiger partial charge in [-0.25, -0.2) is 0 Å². The Morgan fingerprint density at radius 3 is 2.67 bits per heavy atom. The van der Waals surface area contributed by atoms with Crippen LogP contribution < -0.4 is 0 Å². The Labute approximate surface area is 91.5 Å². The van der Waals surface area contributed by atoms with E-state index in [9.17, 15) is 4.79 Å². The Bertz CT molecular complexity index is 354. The van der Waals surface area contributed by atoms with Crippen molar-refractivity contribution in [3.05, 3.63) is 35.9 Å². The fourth-order valence-corrected chi connectivity index (χ4v) is 1.24. The zero-order valence-electron chi connectivity index (χ0n) is 9.12. The van der Waals surface area contributed by atoms with Gasteiger partial charge in [-0.2, -0.15) is 0 Å². The molecule has 0 radical (unpaired) electrons. The number of hydrogen-bond acceptors (Lipinski definition) is 1. The topological polar surface area (TPSA) is 17.1 Å². The van der Waals surface area contributed by atoms with Gasteiger partial charge in [0, 0.05) is 12.8 Å². The highest BCUT2D eigenvalue weighted by Gasteiger charge is 1.94. The van der Waals surface area contributed by atoms with Crippen molar-refractivity contribution in [1.29, 1.82) is 0 Å². The summed E-state index contributed by atoms with van der Waals surface area (Å²) in [5.74, 6) is 5.65. The van der Waals surface area contributed by atoms with Gasteiger partial charge in [-0.05, 0) is 17.9 Å². The summed E-state index contributed by atoms with van der Waals surface area (Å²) in [5.41, 5.74) is 1.16. The van der Waals surface area contributed by atoms with Crippen molar-refractivity contribution in [2.75, 3.05) is 0 Å². The third-order valence-electron chi connectivity index (χ3n) is 2.12. The minimum Gasteiger partial charge on any atom is -0.285 e. The van der Waals surface area contributed by atoms with Gasteiger partial charge in [-0.15, -0.1) is 0 Å². The van der Waals surface area contributed by atoms with E-state index in [2.05, 4.69) is 18.8 Å². The predicted octanol–water partition coefficient (Wildman–Crippen LogP) is 2.99. The van der Waals surface area contributed by atoms with Crippen molar-refractivity contribution >= 4 is 5.78 Å². The van der Waals surface area contributed by atoms with Crippen LogP contribution in [0.2, 0.25) is 0 Å². The maximum Gasteiger partial charge on any atom is 0.205 e. The normalized spacial score (nSPS) is 9.13. The Hall–Kier alpha value is -1.55. The lowest BCUT2D eigenvalue weighted by atomic mass is 10.1. The van der Waals surface area contributed by atoms with E-state index in [-0.39, 0.29) is 5.78 Å². The SMILES string of the molecule is CCCCC(=O)C#CCc1ccccc1. The van der Waals surface area contributed by atoms with Crippen LogP contribution in [0, 0.1) is 11.8 Å². The molecular weight excluding hydrogens is 184 g/mol. The van der Waals surface area contributed by atoms with Gasteiger partial charge in [0.1, 0.15) is 0 Å². The fraction of sp³-hybridized carbons (Fsp3) is 0.357. The van der Waals surface area contributed by atoms with Gasteiger partial charge in [0.05, 0.1) is 0 Å². The molecular formula is C14H16O. The summed E-state index contributed by atoms with van der Waals surface area (Å²) in [4.78, 5) is 11.2. The fourth-order valence-electron chi connectivity index (χ4n) is 1.24. The zero-order valence-corrected chi connectivity index (χ0v) is 9.12. The van der Waals surface area contributed by atoms with Gasteiger partial charge in [0.25, 0.3) is 0 Å². The molecule has 0 aliphatic rings. The monoisotopic (exact) mass is 200 g/mol. The van der Waals surface area contributed by atoms with Crippen molar-refractivity contribution in [1.82, 2.24) is 0 Å². The first-order valence-corrected chi connectivity index (χ1v) is 5.38. The maximum absolute atomic E-state index is 11.2. The van der Waals surface area contributed by atoms with E-state index in [0.29, 0.717) is 12.8 Å². The predicted molar refractivity (Wildman–Crippen MR) is 62.5 cm³/mol. The van der Waals surface area contributed by atoms with Crippen LogP contribution in [0.1, 0.15) is 31.7 Å². The van der Waals surface area contributed by atoms with E-state index in [1.165, 1.54) is 0 Å². The first kappa shape index (κ1) is 11.5. The number of unbranched alkanes of at least 4 members (excludes halogenated alkanes) is 1. The first-order valence-electron chi connectivity index (χ1n) is 5.38. The molecule has 0 aliphatic heterocycles. The maximum atomic E-state index is 11.2. The molecule has 0 aliphatic carbocycles. The molecule has 0 fully saturated rings. The Morgan fingerprint density at radius 1 is 1.27 bits per heavy atom. The Balaban J connectivity index is 2.37. The number of rotatable bonds is 4. The lowest BCUT2D eigenvalue weighted by Crippen LogP contribution is -1.92. The van der Waals surface area contributed by atoms with Gasteiger partial charge in [0.15, 0.2) is 0 Å².